The molecule has 0 spiro atoms. The van der Waals surface area contributed by atoms with Gasteiger partial charge in [-0.05, 0) is 30.2 Å². The van der Waals surface area contributed by atoms with Gasteiger partial charge in [0.05, 0.1) is 5.56 Å². The molecule has 0 atom stereocenters. The van der Waals surface area contributed by atoms with E-state index < -0.39 is 27.6 Å². The lowest BCUT2D eigenvalue weighted by molar-refractivity contribution is 0.0696. The van der Waals surface area contributed by atoms with Gasteiger partial charge in [0.2, 0.25) is 0 Å². The lowest BCUT2D eigenvalue weighted by atomic mass is 10.1. The monoisotopic (exact) mass is 346 g/mol. The Kier molecular flexibility index (Phi) is 4.88. The van der Waals surface area contributed by atoms with E-state index in [-0.39, 0.29) is 17.9 Å². The molecule has 7 heteroatoms. The molecule has 116 valence electrons. The normalized spacial score (nSPS) is 10.6. The van der Waals surface area contributed by atoms with E-state index in [1.165, 1.54) is 12.1 Å². The van der Waals surface area contributed by atoms with E-state index in [1.807, 2.05) is 0 Å². The molecule has 2 aromatic carbocycles. The molecule has 0 radical (unpaired) electrons. The Morgan fingerprint density at radius 2 is 1.86 bits per heavy atom. The first-order valence-corrected chi connectivity index (χ1v) is 6.85. The maximum absolute atomic E-state index is 13.6. The summed E-state index contributed by atoms with van der Waals surface area (Å²) in [5.41, 5.74) is 1.35. The molecule has 0 saturated carbocycles. The highest BCUT2D eigenvalue weighted by atomic mass is 35.5. The van der Waals surface area contributed by atoms with Crippen LogP contribution in [0, 0.1) is 18.6 Å². The second-order valence-corrected chi connectivity index (χ2v) is 5.36. The lowest BCUT2D eigenvalue weighted by Gasteiger charge is -2.11. The zero-order valence-electron chi connectivity index (χ0n) is 11.3. The summed E-state index contributed by atoms with van der Waals surface area (Å²) in [6.07, 6.45) is 0. The second-order valence-electron chi connectivity index (χ2n) is 4.60. The van der Waals surface area contributed by atoms with Crippen LogP contribution in [-0.4, -0.2) is 11.1 Å². The van der Waals surface area contributed by atoms with E-state index in [0.29, 0.717) is 5.56 Å². The van der Waals surface area contributed by atoms with Crippen LogP contribution < -0.4 is 4.74 Å². The van der Waals surface area contributed by atoms with Crippen LogP contribution in [0.2, 0.25) is 10.0 Å². The Morgan fingerprint density at radius 1 is 1.18 bits per heavy atom. The molecule has 2 rings (SSSR count). The molecule has 1 N–H and O–H groups in total. The number of carboxylic acids is 1. The largest absolute Gasteiger partial charge is 0.487 e. The summed E-state index contributed by atoms with van der Waals surface area (Å²) >= 11 is 11.1. The van der Waals surface area contributed by atoms with E-state index >= 15 is 0 Å². The summed E-state index contributed by atoms with van der Waals surface area (Å²) < 4.78 is 32.2. The van der Waals surface area contributed by atoms with Crippen LogP contribution in [0.15, 0.2) is 24.3 Å². The highest BCUT2D eigenvalue weighted by Crippen LogP contribution is 2.34. The molecule has 0 amide bonds. The van der Waals surface area contributed by atoms with E-state index in [4.69, 9.17) is 33.0 Å². The van der Waals surface area contributed by atoms with Crippen molar-refractivity contribution in [2.45, 2.75) is 13.5 Å². The van der Waals surface area contributed by atoms with Crippen LogP contribution in [0.5, 0.6) is 5.75 Å². The molecule has 0 aliphatic rings. The molecule has 0 unspecified atom stereocenters. The standard InChI is InChI=1S/C15H10Cl2F2O3/c1-7-2-8(4-9(3-7)15(20)21)6-22-11-5-10(18)12(16)14(19)13(11)17/h2-5H,6H2,1H3,(H,20,21). The van der Waals surface area contributed by atoms with Crippen LogP contribution in [0.3, 0.4) is 0 Å². The number of hydrogen-bond donors (Lipinski definition) is 1. The quantitative estimate of drug-likeness (QED) is 0.635. The third kappa shape index (κ3) is 3.48. The van der Waals surface area contributed by atoms with Crippen LogP contribution in [0.4, 0.5) is 8.78 Å². The maximum Gasteiger partial charge on any atom is 0.335 e. The fourth-order valence-corrected chi connectivity index (χ4v) is 2.29. The van der Waals surface area contributed by atoms with Gasteiger partial charge in [0.15, 0.2) is 5.82 Å². The van der Waals surface area contributed by atoms with Gasteiger partial charge in [-0.1, -0.05) is 29.3 Å². The third-order valence-corrected chi connectivity index (χ3v) is 3.55. The van der Waals surface area contributed by atoms with Crippen molar-refractivity contribution < 1.29 is 23.4 Å². The molecular weight excluding hydrogens is 337 g/mol. The molecule has 0 aliphatic heterocycles. The van der Waals surface area contributed by atoms with Crippen LogP contribution in [-0.2, 0) is 6.61 Å². The van der Waals surface area contributed by atoms with E-state index in [9.17, 15) is 13.6 Å². The minimum absolute atomic E-state index is 0.0950. The summed E-state index contributed by atoms with van der Waals surface area (Å²) in [4.78, 5) is 11.0. The van der Waals surface area contributed by atoms with Gasteiger partial charge in [0, 0.05) is 6.07 Å². The van der Waals surface area contributed by atoms with Crippen LogP contribution in [0.1, 0.15) is 21.5 Å². The van der Waals surface area contributed by atoms with Gasteiger partial charge in [-0.15, -0.1) is 0 Å². The molecule has 0 bridgehead atoms. The second kappa shape index (κ2) is 6.50. The summed E-state index contributed by atoms with van der Waals surface area (Å²) in [7, 11) is 0. The molecule has 0 saturated heterocycles. The van der Waals surface area contributed by atoms with E-state index in [1.54, 1.807) is 13.0 Å². The Labute approximate surface area is 135 Å². The maximum atomic E-state index is 13.6. The fourth-order valence-electron chi connectivity index (χ4n) is 1.89. The topological polar surface area (TPSA) is 46.5 Å². The third-order valence-electron chi connectivity index (χ3n) is 2.85. The van der Waals surface area contributed by atoms with Crippen molar-refractivity contribution in [1.82, 2.24) is 0 Å². The molecule has 0 fully saturated rings. The summed E-state index contributed by atoms with van der Waals surface area (Å²) in [5, 5.41) is 7.85. The van der Waals surface area contributed by atoms with Gasteiger partial charge in [-0.2, -0.15) is 0 Å². The van der Waals surface area contributed by atoms with Gasteiger partial charge in [0.1, 0.15) is 28.2 Å². The van der Waals surface area contributed by atoms with Gasteiger partial charge >= 0.3 is 5.97 Å². The highest BCUT2D eigenvalue weighted by molar-refractivity contribution is 6.35. The zero-order chi connectivity index (χ0) is 16.4. The van der Waals surface area contributed by atoms with Crippen molar-refractivity contribution in [3.8, 4) is 5.75 Å². The number of carbonyl (C=O) groups is 1. The van der Waals surface area contributed by atoms with Crippen LogP contribution in [0.25, 0.3) is 0 Å². The number of halogens is 4. The van der Waals surface area contributed by atoms with Gasteiger partial charge in [0.25, 0.3) is 0 Å². The van der Waals surface area contributed by atoms with Crippen molar-refractivity contribution in [2.24, 2.45) is 0 Å². The minimum Gasteiger partial charge on any atom is -0.487 e. The predicted molar refractivity (Wildman–Crippen MR) is 78.8 cm³/mol. The number of benzene rings is 2. The molecule has 0 aliphatic carbocycles. The summed E-state index contributed by atoms with van der Waals surface area (Å²) in [6.45, 7) is 1.63. The number of ether oxygens (including phenoxy) is 1. The Hall–Kier alpha value is -1.85. The Bertz CT molecular complexity index is 748. The SMILES string of the molecule is Cc1cc(COc2cc(F)c(Cl)c(F)c2Cl)cc(C(=O)O)c1. The van der Waals surface area contributed by atoms with Crippen molar-refractivity contribution in [2.75, 3.05) is 0 Å². The molecule has 2 aromatic rings. The van der Waals surface area contributed by atoms with Gasteiger partial charge in [-0.25, -0.2) is 13.6 Å². The molecular formula is C15H10Cl2F2O3. The van der Waals surface area contributed by atoms with Crippen molar-refractivity contribution in [3.63, 3.8) is 0 Å². The average molecular weight is 347 g/mol. The van der Waals surface area contributed by atoms with Gasteiger partial charge in [-0.3, -0.25) is 0 Å². The molecule has 22 heavy (non-hydrogen) atoms. The predicted octanol–water partition coefficient (Wildman–Crippen LogP) is 4.86. The van der Waals surface area contributed by atoms with Crippen molar-refractivity contribution in [1.29, 1.82) is 0 Å². The summed E-state index contributed by atoms with van der Waals surface area (Å²) in [5.74, 6) is -3.38. The lowest BCUT2D eigenvalue weighted by Crippen LogP contribution is -2.02. The minimum atomic E-state index is -1.10. The zero-order valence-corrected chi connectivity index (χ0v) is 12.8. The highest BCUT2D eigenvalue weighted by Gasteiger charge is 2.17. The van der Waals surface area contributed by atoms with Crippen molar-refractivity contribution >= 4 is 29.2 Å². The number of carboxylic acid groups (broad SMARTS) is 1. The van der Waals surface area contributed by atoms with Crippen LogP contribution >= 0.6 is 23.2 Å². The molecule has 0 heterocycles. The number of aryl methyl sites for hydroxylation is 1. The molecule has 0 aromatic heterocycles. The number of rotatable bonds is 4. The fraction of sp³-hybridized carbons (Fsp3) is 0.133. The first kappa shape index (κ1) is 16.5. The smallest absolute Gasteiger partial charge is 0.335 e. The van der Waals surface area contributed by atoms with E-state index in [2.05, 4.69) is 0 Å². The first-order chi connectivity index (χ1) is 10.3. The van der Waals surface area contributed by atoms with E-state index in [0.717, 1.165) is 11.6 Å². The Balaban J connectivity index is 2.26. The summed E-state index contributed by atoms with van der Waals surface area (Å²) in [6, 6.07) is 5.48. The average Bonchev–Trinajstić information content (AvgIpc) is 2.47. The number of aromatic carboxylic acids is 1. The van der Waals surface area contributed by atoms with Crippen molar-refractivity contribution in [3.05, 3.63) is 62.6 Å². The Morgan fingerprint density at radius 3 is 2.50 bits per heavy atom. The first-order valence-electron chi connectivity index (χ1n) is 6.09. The number of hydrogen-bond acceptors (Lipinski definition) is 2. The molecule has 3 nitrogen and oxygen atoms in total. The van der Waals surface area contributed by atoms with Gasteiger partial charge < -0.3 is 9.84 Å².